The van der Waals surface area contributed by atoms with Gasteiger partial charge in [-0.25, -0.2) is 14.8 Å². The minimum absolute atomic E-state index is 0.204. The van der Waals surface area contributed by atoms with Crippen molar-refractivity contribution in [3.05, 3.63) is 23.0 Å². The van der Waals surface area contributed by atoms with E-state index in [1.807, 2.05) is 0 Å². The first-order valence-corrected chi connectivity index (χ1v) is 8.28. The van der Waals surface area contributed by atoms with Gasteiger partial charge in [0.15, 0.2) is 5.65 Å². The minimum atomic E-state index is -3.47. The molecule has 0 aromatic carbocycles. The summed E-state index contributed by atoms with van der Waals surface area (Å²) in [6.45, 7) is 0.655. The molecule has 0 spiro atoms. The van der Waals surface area contributed by atoms with Crippen LogP contribution >= 0.6 is 0 Å². The summed E-state index contributed by atoms with van der Waals surface area (Å²) in [5, 5.41) is 0. The number of hydrogen-bond acceptors (Lipinski definition) is 5. The van der Waals surface area contributed by atoms with Crippen molar-refractivity contribution in [1.29, 1.82) is 0 Å². The summed E-state index contributed by atoms with van der Waals surface area (Å²) in [4.78, 5) is 20.6. The van der Waals surface area contributed by atoms with Gasteiger partial charge in [-0.1, -0.05) is 0 Å². The lowest BCUT2D eigenvalue weighted by Gasteiger charge is -2.20. The standard InChI is InChI=1S/C12H18N6O3S/c1-15(2)22(20,21)17-5-4-9(7-17)18-11-10(6-13-8-14-11)16(3)12(18)19/h6,8-9H,4-5,7H2,1-3H3/t9-/m1/s1. The molecule has 1 atom stereocenters. The molecular weight excluding hydrogens is 308 g/mol. The Morgan fingerprint density at radius 3 is 2.77 bits per heavy atom. The van der Waals surface area contributed by atoms with Crippen LogP contribution in [0.15, 0.2) is 17.3 Å². The number of fused-ring (bicyclic) bond motifs is 1. The van der Waals surface area contributed by atoms with Crippen LogP contribution in [0.4, 0.5) is 0 Å². The zero-order valence-corrected chi connectivity index (χ0v) is 13.5. The third-order valence-corrected chi connectivity index (χ3v) is 5.94. The molecule has 0 unspecified atom stereocenters. The Morgan fingerprint density at radius 2 is 2.09 bits per heavy atom. The van der Waals surface area contributed by atoms with Gasteiger partial charge in [-0.2, -0.15) is 17.0 Å². The van der Waals surface area contributed by atoms with Crippen LogP contribution in [0.5, 0.6) is 0 Å². The summed E-state index contributed by atoms with van der Waals surface area (Å²) in [6, 6.07) is -0.221. The fourth-order valence-corrected chi connectivity index (χ4v) is 3.94. The van der Waals surface area contributed by atoms with Crippen LogP contribution in [0, 0.1) is 0 Å². The molecule has 0 aliphatic carbocycles. The Balaban J connectivity index is 2.01. The number of aryl methyl sites for hydroxylation is 1. The first-order chi connectivity index (χ1) is 10.3. The van der Waals surface area contributed by atoms with Gasteiger partial charge >= 0.3 is 5.69 Å². The predicted molar refractivity (Wildman–Crippen MR) is 80.6 cm³/mol. The van der Waals surface area contributed by atoms with E-state index in [4.69, 9.17) is 0 Å². The van der Waals surface area contributed by atoms with Crippen LogP contribution in [-0.4, -0.2) is 63.3 Å². The van der Waals surface area contributed by atoms with Crippen LogP contribution < -0.4 is 5.69 Å². The second-order valence-corrected chi connectivity index (χ2v) is 7.68. The van der Waals surface area contributed by atoms with Gasteiger partial charge in [0, 0.05) is 34.2 Å². The molecule has 1 saturated heterocycles. The molecule has 22 heavy (non-hydrogen) atoms. The highest BCUT2D eigenvalue weighted by Crippen LogP contribution is 2.26. The van der Waals surface area contributed by atoms with Crippen molar-refractivity contribution in [2.75, 3.05) is 27.2 Å². The average Bonchev–Trinajstić information content (AvgIpc) is 3.05. The molecule has 0 bridgehead atoms. The van der Waals surface area contributed by atoms with E-state index in [1.54, 1.807) is 17.8 Å². The molecule has 2 aromatic rings. The van der Waals surface area contributed by atoms with Gasteiger partial charge in [0.25, 0.3) is 10.2 Å². The zero-order valence-electron chi connectivity index (χ0n) is 12.7. The van der Waals surface area contributed by atoms with Gasteiger partial charge in [-0.3, -0.25) is 9.13 Å². The van der Waals surface area contributed by atoms with Gasteiger partial charge in [0.2, 0.25) is 0 Å². The molecule has 1 aliphatic rings. The molecule has 3 rings (SSSR count). The Hall–Kier alpha value is -1.78. The lowest BCUT2D eigenvalue weighted by molar-refractivity contribution is 0.407. The lowest BCUT2D eigenvalue weighted by Crippen LogP contribution is -2.39. The molecule has 9 nitrogen and oxygen atoms in total. The Kier molecular flexibility index (Phi) is 3.54. The van der Waals surface area contributed by atoms with Crippen LogP contribution in [0.25, 0.3) is 11.2 Å². The summed E-state index contributed by atoms with van der Waals surface area (Å²) < 4.78 is 30.0. The first-order valence-electron chi connectivity index (χ1n) is 6.88. The molecule has 1 aliphatic heterocycles. The van der Waals surface area contributed by atoms with Crippen molar-refractivity contribution >= 4 is 21.4 Å². The van der Waals surface area contributed by atoms with Crippen LogP contribution in [0.1, 0.15) is 12.5 Å². The topological polar surface area (TPSA) is 93.3 Å². The summed E-state index contributed by atoms with van der Waals surface area (Å²) in [6.07, 6.45) is 3.56. The van der Waals surface area contributed by atoms with Gasteiger partial charge in [-0.05, 0) is 6.42 Å². The van der Waals surface area contributed by atoms with E-state index in [2.05, 4.69) is 9.97 Å². The highest BCUT2D eigenvalue weighted by atomic mass is 32.2. The maximum atomic E-state index is 12.4. The summed E-state index contributed by atoms with van der Waals surface area (Å²) in [5.41, 5.74) is 0.975. The van der Waals surface area contributed by atoms with E-state index < -0.39 is 10.2 Å². The highest BCUT2D eigenvalue weighted by molar-refractivity contribution is 7.86. The van der Waals surface area contributed by atoms with Crippen molar-refractivity contribution in [2.45, 2.75) is 12.5 Å². The average molecular weight is 326 g/mol. The van der Waals surface area contributed by atoms with Crippen molar-refractivity contribution in [2.24, 2.45) is 7.05 Å². The van der Waals surface area contributed by atoms with E-state index in [0.29, 0.717) is 24.1 Å². The second-order valence-electron chi connectivity index (χ2n) is 5.53. The third-order valence-electron chi connectivity index (χ3n) is 4.03. The van der Waals surface area contributed by atoms with Gasteiger partial charge in [0.05, 0.1) is 12.2 Å². The van der Waals surface area contributed by atoms with Crippen LogP contribution in [0.2, 0.25) is 0 Å². The monoisotopic (exact) mass is 326 g/mol. The molecule has 0 amide bonds. The zero-order chi connectivity index (χ0) is 16.1. The molecule has 0 radical (unpaired) electrons. The maximum Gasteiger partial charge on any atom is 0.330 e. The molecular formula is C12H18N6O3S. The smallest absolute Gasteiger partial charge is 0.292 e. The summed E-state index contributed by atoms with van der Waals surface area (Å²) in [7, 11) is 1.20. The lowest BCUT2D eigenvalue weighted by atomic mass is 10.2. The number of nitrogens with zero attached hydrogens (tertiary/aromatic N) is 6. The number of rotatable bonds is 3. The fraction of sp³-hybridized carbons (Fsp3) is 0.583. The van der Waals surface area contributed by atoms with Crippen LogP contribution in [0.3, 0.4) is 0 Å². The molecule has 1 fully saturated rings. The van der Waals surface area contributed by atoms with E-state index in [1.165, 1.54) is 33.6 Å². The van der Waals surface area contributed by atoms with Gasteiger partial charge < -0.3 is 0 Å². The van der Waals surface area contributed by atoms with E-state index in [0.717, 1.165) is 0 Å². The number of aromatic nitrogens is 4. The second kappa shape index (κ2) is 5.14. The predicted octanol–water partition coefficient (Wildman–Crippen LogP) is -0.817. The van der Waals surface area contributed by atoms with Crippen molar-refractivity contribution < 1.29 is 8.42 Å². The van der Waals surface area contributed by atoms with Crippen LogP contribution in [-0.2, 0) is 17.3 Å². The number of hydrogen-bond donors (Lipinski definition) is 0. The Morgan fingerprint density at radius 1 is 1.36 bits per heavy atom. The first kappa shape index (κ1) is 15.1. The maximum absolute atomic E-state index is 12.4. The third kappa shape index (κ3) is 2.14. The molecule has 120 valence electrons. The highest BCUT2D eigenvalue weighted by Gasteiger charge is 2.35. The normalized spacial score (nSPS) is 20.3. The SMILES string of the molecule is CN(C)S(=O)(=O)N1CC[C@@H](n2c(=O)n(C)c3cncnc32)C1. The van der Waals surface area contributed by atoms with Crippen molar-refractivity contribution in [3.63, 3.8) is 0 Å². The quantitative estimate of drug-likeness (QED) is 0.735. The fourth-order valence-electron chi connectivity index (χ4n) is 2.78. The molecule has 0 saturated carbocycles. The molecule has 2 aromatic heterocycles. The largest absolute Gasteiger partial charge is 0.330 e. The van der Waals surface area contributed by atoms with Crippen molar-refractivity contribution in [1.82, 2.24) is 27.7 Å². The molecule has 3 heterocycles. The molecule has 10 heteroatoms. The van der Waals surface area contributed by atoms with E-state index in [9.17, 15) is 13.2 Å². The minimum Gasteiger partial charge on any atom is -0.292 e. The van der Waals surface area contributed by atoms with Gasteiger partial charge in [-0.15, -0.1) is 0 Å². The van der Waals surface area contributed by atoms with E-state index in [-0.39, 0.29) is 18.3 Å². The summed E-state index contributed by atoms with van der Waals surface area (Å²) >= 11 is 0. The Labute approximate surface area is 128 Å². The summed E-state index contributed by atoms with van der Waals surface area (Å²) in [5.74, 6) is 0. The molecule has 0 N–H and O–H groups in total. The number of imidazole rings is 1. The van der Waals surface area contributed by atoms with E-state index >= 15 is 0 Å². The van der Waals surface area contributed by atoms with Crippen molar-refractivity contribution in [3.8, 4) is 0 Å². The Bertz CT molecular complexity index is 869. The van der Waals surface area contributed by atoms with Gasteiger partial charge in [0.1, 0.15) is 11.8 Å².